The molecule has 2 aromatic rings. The molecule has 1 atom stereocenters. The molecule has 2 fully saturated rings. The average Bonchev–Trinajstić information content (AvgIpc) is 3.45. The molecule has 0 bridgehead atoms. The summed E-state index contributed by atoms with van der Waals surface area (Å²) in [5.41, 5.74) is 0.772. The summed E-state index contributed by atoms with van der Waals surface area (Å²) in [6.07, 6.45) is 1.64. The number of anilines is 1. The van der Waals surface area contributed by atoms with Crippen LogP contribution in [0, 0.1) is 0 Å². The predicted octanol–water partition coefficient (Wildman–Crippen LogP) is 4.98. The number of benzene rings is 1. The highest BCUT2D eigenvalue weighted by molar-refractivity contribution is 6.83. The first-order valence-electron chi connectivity index (χ1n) is 13.8. The molecule has 1 aromatic carbocycles. The van der Waals surface area contributed by atoms with E-state index >= 15 is 0 Å². The lowest BCUT2D eigenvalue weighted by molar-refractivity contribution is -0.145. The lowest BCUT2D eigenvalue weighted by Crippen LogP contribution is -2.52. The van der Waals surface area contributed by atoms with Gasteiger partial charge in [0.2, 0.25) is 5.91 Å². The maximum Gasteiger partial charge on any atom is 0.266 e. The maximum absolute atomic E-state index is 14.0. The van der Waals surface area contributed by atoms with Gasteiger partial charge in [0, 0.05) is 30.1 Å². The molecule has 2 aliphatic heterocycles. The summed E-state index contributed by atoms with van der Waals surface area (Å²) in [5.74, 6) is -2.08. The number of carbonyl (C=O) groups is 2. The lowest BCUT2D eigenvalue weighted by atomic mass is 9.83. The first kappa shape index (κ1) is 27.8. The number of para-hydroxylation sites is 1. The van der Waals surface area contributed by atoms with Crippen LogP contribution in [0.25, 0.3) is 0 Å². The van der Waals surface area contributed by atoms with Gasteiger partial charge in [-0.05, 0) is 38.8 Å². The first-order chi connectivity index (χ1) is 18.2. The predicted molar refractivity (Wildman–Crippen MR) is 148 cm³/mol. The number of hydrogen-bond donors (Lipinski definition) is 2. The quantitative estimate of drug-likeness (QED) is 0.446. The van der Waals surface area contributed by atoms with E-state index in [-0.39, 0.29) is 42.9 Å². The fourth-order valence-electron chi connectivity index (χ4n) is 6.25. The molecular formula is C28H39F2N5O3Si. The van der Waals surface area contributed by atoms with Crippen LogP contribution >= 0.6 is 0 Å². The molecule has 1 unspecified atom stereocenters. The van der Waals surface area contributed by atoms with E-state index in [0.717, 1.165) is 30.5 Å². The SMILES string of the molecule is CC1(C)c2[nH]nc(NC(=O)C3([Si](C)(C)C)CCC3)c2CN1C(=O)C(CN1CCC(F)(F)C1)Oc1ccccc1. The molecule has 1 saturated carbocycles. The van der Waals surface area contributed by atoms with Crippen molar-refractivity contribution in [3.63, 3.8) is 0 Å². The number of halogens is 2. The number of ether oxygens (including phenoxy) is 1. The van der Waals surface area contributed by atoms with E-state index < -0.39 is 32.2 Å². The Bertz CT molecular complexity index is 1240. The highest BCUT2D eigenvalue weighted by Gasteiger charge is 2.54. The molecular weight excluding hydrogens is 520 g/mol. The third-order valence-electron chi connectivity index (χ3n) is 9.02. The van der Waals surface area contributed by atoms with Gasteiger partial charge in [-0.2, -0.15) is 5.10 Å². The van der Waals surface area contributed by atoms with E-state index in [4.69, 9.17) is 4.74 Å². The van der Waals surface area contributed by atoms with Gasteiger partial charge in [0.1, 0.15) is 5.75 Å². The van der Waals surface area contributed by atoms with Crippen molar-refractivity contribution in [1.82, 2.24) is 20.0 Å². The Morgan fingerprint density at radius 1 is 1.15 bits per heavy atom. The molecule has 8 nitrogen and oxygen atoms in total. The van der Waals surface area contributed by atoms with Crippen LogP contribution in [0.3, 0.4) is 0 Å². The van der Waals surface area contributed by atoms with Gasteiger partial charge in [0.05, 0.1) is 32.4 Å². The summed E-state index contributed by atoms with van der Waals surface area (Å²) in [7, 11) is -1.78. The molecule has 11 heteroatoms. The van der Waals surface area contributed by atoms with Crippen molar-refractivity contribution in [2.75, 3.05) is 25.0 Å². The smallest absolute Gasteiger partial charge is 0.266 e. The molecule has 3 heterocycles. The zero-order valence-electron chi connectivity index (χ0n) is 23.4. The highest BCUT2D eigenvalue weighted by atomic mass is 28.3. The number of hydrogen-bond acceptors (Lipinski definition) is 5. The van der Waals surface area contributed by atoms with Gasteiger partial charge in [-0.25, -0.2) is 8.78 Å². The number of alkyl halides is 2. The Labute approximate surface area is 229 Å². The van der Waals surface area contributed by atoms with Crippen molar-refractivity contribution in [2.24, 2.45) is 0 Å². The van der Waals surface area contributed by atoms with Crippen LogP contribution in [-0.4, -0.2) is 71.5 Å². The van der Waals surface area contributed by atoms with Crippen molar-refractivity contribution in [3.8, 4) is 5.75 Å². The molecule has 5 rings (SSSR count). The molecule has 3 aliphatic rings. The van der Waals surface area contributed by atoms with Crippen LogP contribution in [0.5, 0.6) is 5.75 Å². The maximum atomic E-state index is 14.0. The fraction of sp³-hybridized carbons (Fsp3) is 0.607. The van der Waals surface area contributed by atoms with Crippen LogP contribution in [0.2, 0.25) is 24.7 Å². The number of rotatable bonds is 8. The van der Waals surface area contributed by atoms with Crippen molar-refractivity contribution in [2.45, 2.75) is 88.3 Å². The Hall–Kier alpha value is -2.79. The molecule has 1 aliphatic carbocycles. The van der Waals surface area contributed by atoms with Gasteiger partial charge in [-0.1, -0.05) is 44.3 Å². The van der Waals surface area contributed by atoms with Crippen molar-refractivity contribution in [3.05, 3.63) is 41.6 Å². The second kappa shape index (κ2) is 9.69. The van der Waals surface area contributed by atoms with E-state index in [1.54, 1.807) is 34.1 Å². The molecule has 39 heavy (non-hydrogen) atoms. The Morgan fingerprint density at radius 2 is 1.85 bits per heavy atom. The highest BCUT2D eigenvalue weighted by Crippen LogP contribution is 2.56. The summed E-state index contributed by atoms with van der Waals surface area (Å²) in [4.78, 5) is 30.8. The van der Waals surface area contributed by atoms with Crippen LogP contribution < -0.4 is 10.1 Å². The molecule has 0 spiro atoms. The summed E-state index contributed by atoms with van der Waals surface area (Å²) in [6, 6.07) is 8.97. The van der Waals surface area contributed by atoms with Crippen molar-refractivity contribution in [1.29, 1.82) is 0 Å². The topological polar surface area (TPSA) is 90.6 Å². The number of likely N-dealkylation sites (tertiary alicyclic amines) is 1. The van der Waals surface area contributed by atoms with Gasteiger partial charge < -0.3 is 15.0 Å². The number of H-pyrrole nitrogens is 1. The third kappa shape index (κ3) is 4.99. The van der Waals surface area contributed by atoms with E-state index in [2.05, 4.69) is 35.2 Å². The Balaban J connectivity index is 1.37. The van der Waals surface area contributed by atoms with Crippen molar-refractivity contribution >= 4 is 25.7 Å². The second-order valence-electron chi connectivity index (χ2n) is 12.8. The van der Waals surface area contributed by atoms with Gasteiger partial charge in [-0.15, -0.1) is 0 Å². The molecule has 1 aromatic heterocycles. The lowest BCUT2D eigenvalue weighted by Gasteiger charge is -2.48. The van der Waals surface area contributed by atoms with Gasteiger partial charge in [-0.3, -0.25) is 19.6 Å². The van der Waals surface area contributed by atoms with E-state index in [1.807, 2.05) is 19.9 Å². The summed E-state index contributed by atoms with van der Waals surface area (Å²) >= 11 is 0. The zero-order chi connectivity index (χ0) is 28.2. The van der Waals surface area contributed by atoms with Crippen LogP contribution in [0.4, 0.5) is 14.6 Å². The van der Waals surface area contributed by atoms with E-state index in [0.29, 0.717) is 11.6 Å². The average molecular weight is 560 g/mol. The minimum Gasteiger partial charge on any atom is -0.479 e. The van der Waals surface area contributed by atoms with Crippen LogP contribution in [0.1, 0.15) is 50.8 Å². The van der Waals surface area contributed by atoms with Gasteiger partial charge >= 0.3 is 0 Å². The summed E-state index contributed by atoms with van der Waals surface area (Å²) in [5, 5.41) is 10.3. The molecule has 212 valence electrons. The Kier molecular flexibility index (Phi) is 6.90. The largest absolute Gasteiger partial charge is 0.479 e. The summed E-state index contributed by atoms with van der Waals surface area (Å²) in [6.45, 7) is 10.6. The fourth-order valence-corrected chi connectivity index (χ4v) is 8.85. The monoisotopic (exact) mass is 559 g/mol. The Morgan fingerprint density at radius 3 is 2.41 bits per heavy atom. The van der Waals surface area contributed by atoms with E-state index in [1.165, 1.54) is 0 Å². The number of aromatic amines is 1. The van der Waals surface area contributed by atoms with Crippen molar-refractivity contribution < 1.29 is 23.1 Å². The normalized spacial score (nSPS) is 22.2. The second-order valence-corrected chi connectivity index (χ2v) is 18.3. The van der Waals surface area contributed by atoms with Gasteiger partial charge in [0.15, 0.2) is 11.9 Å². The molecule has 0 radical (unpaired) electrons. The van der Waals surface area contributed by atoms with Crippen LogP contribution in [-0.2, 0) is 21.7 Å². The molecule has 1 saturated heterocycles. The number of amides is 2. The zero-order valence-corrected chi connectivity index (χ0v) is 24.4. The number of aromatic nitrogens is 2. The number of nitrogens with one attached hydrogen (secondary N) is 2. The number of carbonyl (C=O) groups excluding carboxylic acids is 2. The number of fused-ring (bicyclic) bond motifs is 1. The summed E-state index contributed by atoms with van der Waals surface area (Å²) < 4.78 is 34.0. The minimum atomic E-state index is -2.77. The standard InChI is InChI=1S/C28H39F2N5O3Si/c1-26(2)22-20(23(33-32-22)31-25(37)27(12-9-13-27)39(3,4)5)16-35(26)24(36)21(38-19-10-7-6-8-11-19)17-34-15-14-28(29,30)18-34/h6-8,10-11,21H,9,12-18H2,1-5H3,(H2,31,32,33,37). The minimum absolute atomic E-state index is 0.0186. The van der Waals surface area contributed by atoms with Crippen LogP contribution in [0.15, 0.2) is 30.3 Å². The third-order valence-corrected chi connectivity index (χ3v) is 12.6. The van der Waals surface area contributed by atoms with E-state index in [9.17, 15) is 18.4 Å². The first-order valence-corrected chi connectivity index (χ1v) is 17.3. The number of nitrogens with zero attached hydrogens (tertiary/aromatic N) is 3. The molecule has 2 N–H and O–H groups in total. The van der Waals surface area contributed by atoms with Gasteiger partial charge in [0.25, 0.3) is 11.8 Å². The molecule has 2 amide bonds.